The van der Waals surface area contributed by atoms with E-state index in [4.69, 9.17) is 0 Å². The molecule has 0 saturated heterocycles. The summed E-state index contributed by atoms with van der Waals surface area (Å²) in [5.41, 5.74) is 2.15. The van der Waals surface area contributed by atoms with Gasteiger partial charge in [-0.3, -0.25) is 14.3 Å². The monoisotopic (exact) mass is 504 g/mol. The quantitative estimate of drug-likeness (QED) is 0.345. The van der Waals surface area contributed by atoms with Crippen molar-refractivity contribution in [3.63, 3.8) is 0 Å². The summed E-state index contributed by atoms with van der Waals surface area (Å²) in [6.07, 6.45) is 3.50. The molecule has 0 fully saturated rings. The van der Waals surface area contributed by atoms with Crippen molar-refractivity contribution in [1.29, 1.82) is 0 Å². The van der Waals surface area contributed by atoms with Crippen LogP contribution < -0.4 is 11.2 Å². The Hall–Kier alpha value is -4.25. The number of H-pyrrole nitrogens is 1. The Balaban J connectivity index is 1.29. The van der Waals surface area contributed by atoms with Crippen LogP contribution in [-0.2, 0) is 29.3 Å². The summed E-state index contributed by atoms with van der Waals surface area (Å²) in [6, 6.07) is 18.2. The molecule has 0 radical (unpaired) electrons. The van der Waals surface area contributed by atoms with Crippen LogP contribution in [0.3, 0.4) is 0 Å². The first kappa shape index (κ1) is 23.5. The highest BCUT2D eigenvalue weighted by atomic mass is 32.2. The molecule has 0 spiro atoms. The van der Waals surface area contributed by atoms with Crippen LogP contribution in [0.2, 0.25) is 0 Å². The Labute approximate surface area is 206 Å². The van der Waals surface area contributed by atoms with E-state index in [1.165, 1.54) is 10.6 Å². The molecule has 5 rings (SSSR count). The molecule has 0 bridgehead atoms. The van der Waals surface area contributed by atoms with Crippen LogP contribution in [0, 0.1) is 0 Å². The van der Waals surface area contributed by atoms with Crippen molar-refractivity contribution in [3.05, 3.63) is 105 Å². The zero-order valence-electron chi connectivity index (χ0n) is 19.5. The number of benzene rings is 2. The van der Waals surface area contributed by atoms with E-state index >= 15 is 0 Å². The third kappa shape index (κ3) is 4.52. The van der Waals surface area contributed by atoms with Crippen molar-refractivity contribution in [2.75, 3.05) is 5.75 Å². The van der Waals surface area contributed by atoms with E-state index in [1.54, 1.807) is 21.8 Å². The van der Waals surface area contributed by atoms with Gasteiger partial charge < -0.3 is 4.57 Å². The maximum Gasteiger partial charge on any atom is 0.330 e. The number of aromatic nitrogens is 6. The highest BCUT2D eigenvalue weighted by Crippen LogP contribution is 2.15. The van der Waals surface area contributed by atoms with Gasteiger partial charge in [0.05, 0.1) is 24.3 Å². The number of para-hydroxylation sites is 1. The van der Waals surface area contributed by atoms with Crippen LogP contribution >= 0.6 is 0 Å². The van der Waals surface area contributed by atoms with Crippen LogP contribution in [0.5, 0.6) is 0 Å². The minimum atomic E-state index is -3.56. The number of hydrogen-bond acceptors (Lipinski definition) is 6. The second-order valence-corrected chi connectivity index (χ2v) is 10.4. The van der Waals surface area contributed by atoms with Gasteiger partial charge in [0.15, 0.2) is 26.0 Å². The first-order valence-corrected chi connectivity index (χ1v) is 13.1. The summed E-state index contributed by atoms with van der Waals surface area (Å²) in [4.78, 5) is 31.3. The number of aryl methyl sites for hydroxylation is 2. The number of nitrogens with zero attached hydrogens (tertiary/aromatic N) is 5. The first-order valence-electron chi connectivity index (χ1n) is 11.5. The topological polar surface area (TPSA) is 125 Å². The van der Waals surface area contributed by atoms with Gasteiger partial charge >= 0.3 is 5.69 Å². The van der Waals surface area contributed by atoms with Gasteiger partial charge in [-0.2, -0.15) is 5.10 Å². The standard InChI is InChI=1S/C25H24N6O4S/c1-2-29-17-26-23-22(29)24(32)27-25(33)30(23)16-19-10-8-18(9-11-19)13-15-36(34,35)21-12-14-31(28-21)20-6-4-3-5-7-20/h3-12,14,17H,2,13,15-16H2,1H3,(H,27,32,33). The molecule has 0 aliphatic heterocycles. The highest BCUT2D eigenvalue weighted by Gasteiger charge is 2.18. The Morgan fingerprint density at radius 3 is 2.39 bits per heavy atom. The Kier molecular flexibility index (Phi) is 6.15. The molecule has 0 aliphatic carbocycles. The van der Waals surface area contributed by atoms with Gasteiger partial charge in [-0.15, -0.1) is 0 Å². The maximum absolute atomic E-state index is 12.8. The van der Waals surface area contributed by atoms with Gasteiger partial charge in [0.2, 0.25) is 0 Å². The average molecular weight is 505 g/mol. The van der Waals surface area contributed by atoms with E-state index in [0.29, 0.717) is 24.1 Å². The van der Waals surface area contributed by atoms with Crippen LogP contribution in [0.15, 0.2) is 87.8 Å². The molecule has 10 nitrogen and oxygen atoms in total. The molecule has 0 unspecified atom stereocenters. The SMILES string of the molecule is CCn1cnc2c1c(=O)[nH]c(=O)n2Cc1ccc(CCS(=O)(=O)c2ccn(-c3ccccc3)n2)cc1. The molecule has 3 heterocycles. The molecule has 0 atom stereocenters. The lowest BCUT2D eigenvalue weighted by Gasteiger charge is -2.08. The van der Waals surface area contributed by atoms with Crippen molar-refractivity contribution in [2.24, 2.45) is 0 Å². The average Bonchev–Trinajstić information content (AvgIpc) is 3.55. The van der Waals surface area contributed by atoms with Crippen molar-refractivity contribution in [1.82, 2.24) is 28.9 Å². The number of imidazole rings is 1. The summed E-state index contributed by atoms with van der Waals surface area (Å²) in [5, 5.41) is 4.27. The lowest BCUT2D eigenvalue weighted by atomic mass is 10.1. The van der Waals surface area contributed by atoms with Crippen LogP contribution in [0.25, 0.3) is 16.9 Å². The molecule has 5 aromatic rings. The van der Waals surface area contributed by atoms with Crippen LogP contribution in [0.1, 0.15) is 18.1 Å². The molecule has 3 aromatic heterocycles. The number of rotatable bonds is 8. The summed E-state index contributed by atoms with van der Waals surface area (Å²) in [6.45, 7) is 2.67. The van der Waals surface area contributed by atoms with Crippen LogP contribution in [0.4, 0.5) is 0 Å². The predicted molar refractivity (Wildman–Crippen MR) is 135 cm³/mol. The molecular formula is C25H24N6O4S. The molecule has 1 N–H and O–H groups in total. The smallest absolute Gasteiger partial charge is 0.325 e. The molecule has 11 heteroatoms. The largest absolute Gasteiger partial charge is 0.330 e. The van der Waals surface area contributed by atoms with E-state index in [1.807, 2.05) is 61.5 Å². The number of fused-ring (bicyclic) bond motifs is 1. The summed E-state index contributed by atoms with van der Waals surface area (Å²) < 4.78 is 30.3. The normalized spacial score (nSPS) is 11.8. The third-order valence-electron chi connectivity index (χ3n) is 6.02. The Morgan fingerprint density at radius 1 is 0.944 bits per heavy atom. The number of sulfone groups is 1. The molecule has 0 saturated carbocycles. The van der Waals surface area contributed by atoms with Crippen molar-refractivity contribution >= 4 is 21.0 Å². The van der Waals surface area contributed by atoms with E-state index in [9.17, 15) is 18.0 Å². The third-order valence-corrected chi connectivity index (χ3v) is 7.62. The van der Waals surface area contributed by atoms with E-state index in [-0.39, 0.29) is 17.3 Å². The zero-order valence-corrected chi connectivity index (χ0v) is 20.4. The van der Waals surface area contributed by atoms with Gasteiger partial charge in [-0.25, -0.2) is 22.9 Å². The van der Waals surface area contributed by atoms with E-state index in [0.717, 1.165) is 16.8 Å². The highest BCUT2D eigenvalue weighted by molar-refractivity contribution is 7.91. The first-order chi connectivity index (χ1) is 17.4. The molecule has 36 heavy (non-hydrogen) atoms. The fourth-order valence-electron chi connectivity index (χ4n) is 4.06. The van der Waals surface area contributed by atoms with Gasteiger partial charge in [-0.1, -0.05) is 42.5 Å². The number of hydrogen-bond donors (Lipinski definition) is 1. The van der Waals surface area contributed by atoms with Crippen molar-refractivity contribution in [2.45, 2.75) is 31.5 Å². The lowest BCUT2D eigenvalue weighted by Crippen LogP contribution is -2.31. The zero-order chi connectivity index (χ0) is 25.3. The Bertz CT molecular complexity index is 1750. The van der Waals surface area contributed by atoms with Gasteiger partial charge in [0, 0.05) is 12.7 Å². The molecule has 0 amide bonds. The van der Waals surface area contributed by atoms with Crippen molar-refractivity contribution < 1.29 is 8.42 Å². The fraction of sp³-hybridized carbons (Fsp3) is 0.200. The number of nitrogens with one attached hydrogen (secondary N) is 1. The maximum atomic E-state index is 12.8. The number of aromatic amines is 1. The van der Waals surface area contributed by atoms with Gasteiger partial charge in [0.25, 0.3) is 5.56 Å². The second kappa shape index (κ2) is 9.42. The van der Waals surface area contributed by atoms with Crippen LogP contribution in [-0.4, -0.2) is 43.1 Å². The van der Waals surface area contributed by atoms with Crippen molar-refractivity contribution in [3.8, 4) is 5.69 Å². The lowest BCUT2D eigenvalue weighted by molar-refractivity contribution is 0.589. The summed E-state index contributed by atoms with van der Waals surface area (Å²) in [5.74, 6) is -0.0768. The van der Waals surface area contributed by atoms with Gasteiger partial charge in [0.1, 0.15) is 0 Å². The second-order valence-electron chi connectivity index (χ2n) is 8.37. The molecular weight excluding hydrogens is 480 g/mol. The minimum Gasteiger partial charge on any atom is -0.325 e. The van der Waals surface area contributed by atoms with Gasteiger partial charge in [-0.05, 0) is 42.7 Å². The minimum absolute atomic E-state index is 0.0379. The predicted octanol–water partition coefficient (Wildman–Crippen LogP) is 2.16. The fourth-order valence-corrected chi connectivity index (χ4v) is 5.25. The molecule has 2 aromatic carbocycles. The summed E-state index contributed by atoms with van der Waals surface area (Å²) >= 11 is 0. The van der Waals surface area contributed by atoms with E-state index in [2.05, 4.69) is 15.1 Å². The molecule has 0 aliphatic rings. The Morgan fingerprint density at radius 2 is 1.67 bits per heavy atom. The van der Waals surface area contributed by atoms with E-state index < -0.39 is 21.1 Å². The molecule has 184 valence electrons. The summed E-state index contributed by atoms with van der Waals surface area (Å²) in [7, 11) is -3.56.